The Bertz CT molecular complexity index is 1040. The molecule has 1 aromatic heterocycles. The van der Waals surface area contributed by atoms with Crippen molar-refractivity contribution in [2.24, 2.45) is 0 Å². The number of hydrogen-bond acceptors (Lipinski definition) is 4. The summed E-state index contributed by atoms with van der Waals surface area (Å²) in [5, 5.41) is 10.5. The molecule has 0 aliphatic carbocycles. The van der Waals surface area contributed by atoms with E-state index in [1.807, 2.05) is 36.5 Å². The first kappa shape index (κ1) is 22.2. The van der Waals surface area contributed by atoms with Gasteiger partial charge in [-0.3, -0.25) is 9.36 Å². The van der Waals surface area contributed by atoms with E-state index in [-0.39, 0.29) is 0 Å². The maximum absolute atomic E-state index is 12.4. The first-order valence-electron chi connectivity index (χ1n) is 8.94. The topological polar surface area (TPSA) is 59.8 Å². The van der Waals surface area contributed by atoms with Crippen LogP contribution in [0.15, 0.2) is 53.7 Å². The molecule has 0 aliphatic rings. The number of benzene rings is 2. The number of carbonyl (C=O) groups is 1. The Labute approximate surface area is 180 Å². The van der Waals surface area contributed by atoms with Crippen LogP contribution in [-0.4, -0.2) is 38.6 Å². The number of carbonyl (C=O) groups excluding carboxylic acids is 1. The number of para-hydroxylation sites is 1. The highest BCUT2D eigenvalue weighted by atomic mass is 35.5. The van der Waals surface area contributed by atoms with E-state index in [1.165, 1.54) is 6.92 Å². The van der Waals surface area contributed by atoms with Crippen molar-refractivity contribution in [1.29, 1.82) is 0 Å². The molecule has 0 saturated heterocycles. The number of amides is 1. The summed E-state index contributed by atoms with van der Waals surface area (Å²) in [5.41, 5.74) is 2.51. The molecule has 1 amide bonds. The van der Waals surface area contributed by atoms with Crippen molar-refractivity contribution in [2.45, 2.75) is 30.4 Å². The molecule has 10 heteroatoms. The average molecular weight is 455 g/mol. The first-order valence-corrected chi connectivity index (χ1v) is 10.2. The highest BCUT2D eigenvalue weighted by Gasteiger charge is 2.29. The molecule has 0 spiro atoms. The summed E-state index contributed by atoms with van der Waals surface area (Å²) in [7, 11) is 0. The van der Waals surface area contributed by atoms with Crippen LogP contribution in [0.5, 0.6) is 0 Å². The highest BCUT2D eigenvalue weighted by molar-refractivity contribution is 8.00. The van der Waals surface area contributed by atoms with E-state index in [4.69, 9.17) is 11.6 Å². The van der Waals surface area contributed by atoms with Gasteiger partial charge in [0.1, 0.15) is 6.54 Å². The van der Waals surface area contributed by atoms with Gasteiger partial charge in [0.05, 0.1) is 10.9 Å². The number of aromatic nitrogens is 3. The van der Waals surface area contributed by atoms with Crippen LogP contribution in [-0.2, 0) is 4.79 Å². The van der Waals surface area contributed by atoms with E-state index in [1.54, 1.807) is 28.8 Å². The van der Waals surface area contributed by atoms with Gasteiger partial charge >= 0.3 is 6.18 Å². The Hall–Kier alpha value is -2.52. The summed E-state index contributed by atoms with van der Waals surface area (Å²) in [6, 6.07) is 14.6. The van der Waals surface area contributed by atoms with E-state index in [2.05, 4.69) is 10.2 Å². The van der Waals surface area contributed by atoms with Crippen LogP contribution < -0.4 is 5.32 Å². The van der Waals surface area contributed by atoms with Gasteiger partial charge in [-0.25, -0.2) is 0 Å². The Morgan fingerprint density at radius 3 is 2.47 bits per heavy atom. The number of rotatable bonds is 6. The summed E-state index contributed by atoms with van der Waals surface area (Å²) in [6.45, 7) is 2.07. The van der Waals surface area contributed by atoms with Gasteiger partial charge in [0, 0.05) is 10.6 Å². The molecule has 158 valence electrons. The molecule has 2 aromatic carbocycles. The number of thioether (sulfide) groups is 1. The first-order chi connectivity index (χ1) is 14.2. The quantitative estimate of drug-likeness (QED) is 0.529. The Kier molecular flexibility index (Phi) is 6.72. The lowest BCUT2D eigenvalue weighted by Gasteiger charge is -2.16. The Balaban J connectivity index is 1.96. The van der Waals surface area contributed by atoms with Gasteiger partial charge in [-0.15, -0.1) is 10.2 Å². The third-order valence-corrected chi connectivity index (χ3v) is 5.50. The second-order valence-corrected chi connectivity index (χ2v) is 8.27. The van der Waals surface area contributed by atoms with Gasteiger partial charge in [0.25, 0.3) is 0 Å². The fourth-order valence-corrected chi connectivity index (χ4v) is 3.72. The van der Waals surface area contributed by atoms with Crippen molar-refractivity contribution in [3.05, 3.63) is 59.1 Å². The van der Waals surface area contributed by atoms with E-state index in [0.29, 0.717) is 16.0 Å². The number of nitrogens with one attached hydrogen (secondary N) is 1. The molecule has 0 saturated carbocycles. The van der Waals surface area contributed by atoms with Gasteiger partial charge in [0.2, 0.25) is 5.91 Å². The maximum Gasteiger partial charge on any atom is 0.405 e. The van der Waals surface area contributed by atoms with Crippen molar-refractivity contribution in [2.75, 3.05) is 6.54 Å². The van der Waals surface area contributed by atoms with Crippen LogP contribution in [0.1, 0.15) is 12.5 Å². The summed E-state index contributed by atoms with van der Waals surface area (Å²) in [5.74, 6) is -0.198. The van der Waals surface area contributed by atoms with Crippen LogP contribution in [0.4, 0.5) is 13.2 Å². The molecule has 30 heavy (non-hydrogen) atoms. The fourth-order valence-electron chi connectivity index (χ4n) is 2.71. The number of alkyl halides is 3. The molecular weight excluding hydrogens is 437 g/mol. The van der Waals surface area contributed by atoms with Gasteiger partial charge in [-0.1, -0.05) is 41.6 Å². The minimum atomic E-state index is -4.47. The van der Waals surface area contributed by atoms with Gasteiger partial charge in [0.15, 0.2) is 11.0 Å². The van der Waals surface area contributed by atoms with E-state index in [9.17, 15) is 18.0 Å². The van der Waals surface area contributed by atoms with Gasteiger partial charge < -0.3 is 5.32 Å². The summed E-state index contributed by atoms with van der Waals surface area (Å²) < 4.78 is 39.0. The monoisotopic (exact) mass is 454 g/mol. The van der Waals surface area contributed by atoms with E-state index >= 15 is 0 Å². The van der Waals surface area contributed by atoms with Gasteiger partial charge in [-0.05, 0) is 49.7 Å². The second kappa shape index (κ2) is 9.09. The summed E-state index contributed by atoms with van der Waals surface area (Å²) in [4.78, 5) is 12.1. The maximum atomic E-state index is 12.4. The number of nitrogens with zero attached hydrogens (tertiary/aromatic N) is 3. The SMILES string of the molecule is Cc1ccccc1-n1c(SC(C)C(=O)NCC(F)(F)F)nnc1-c1ccc(Cl)cc1. The normalized spacial score (nSPS) is 12.6. The Morgan fingerprint density at radius 1 is 1.17 bits per heavy atom. The van der Waals surface area contributed by atoms with Crippen molar-refractivity contribution in [1.82, 2.24) is 20.1 Å². The average Bonchev–Trinajstić information content (AvgIpc) is 3.09. The van der Waals surface area contributed by atoms with Crippen molar-refractivity contribution >= 4 is 29.3 Å². The van der Waals surface area contributed by atoms with Crippen molar-refractivity contribution in [3.8, 4) is 17.1 Å². The molecule has 5 nitrogen and oxygen atoms in total. The van der Waals surface area contributed by atoms with Crippen LogP contribution in [0.25, 0.3) is 17.1 Å². The smallest absolute Gasteiger partial charge is 0.346 e. The van der Waals surface area contributed by atoms with E-state index < -0.39 is 23.9 Å². The zero-order valence-corrected chi connectivity index (χ0v) is 17.6. The molecule has 1 atom stereocenters. The molecule has 0 aliphatic heterocycles. The minimum absolute atomic E-state index is 0.393. The van der Waals surface area contributed by atoms with Crippen LogP contribution >= 0.6 is 23.4 Å². The molecular formula is C20H18ClF3N4OS. The number of halogens is 4. The number of hydrogen-bond donors (Lipinski definition) is 1. The lowest BCUT2D eigenvalue weighted by molar-refractivity contribution is -0.137. The fraction of sp³-hybridized carbons (Fsp3) is 0.250. The second-order valence-electron chi connectivity index (χ2n) is 6.53. The standard InChI is InChI=1S/C20H18ClF3N4OS/c1-12-5-3-4-6-16(12)28-17(14-7-9-15(21)10-8-14)26-27-19(28)30-13(2)18(29)25-11-20(22,23)24/h3-10,13H,11H2,1-2H3,(H,25,29). The third-order valence-electron chi connectivity index (χ3n) is 4.21. The molecule has 0 radical (unpaired) electrons. The molecule has 0 fully saturated rings. The Morgan fingerprint density at radius 2 is 1.83 bits per heavy atom. The molecule has 1 N–H and O–H groups in total. The summed E-state index contributed by atoms with van der Waals surface area (Å²) in [6.07, 6.45) is -4.47. The van der Waals surface area contributed by atoms with Crippen molar-refractivity contribution < 1.29 is 18.0 Å². The predicted molar refractivity (Wildman–Crippen MR) is 111 cm³/mol. The molecule has 1 unspecified atom stereocenters. The predicted octanol–water partition coefficient (Wildman–Crippen LogP) is 5.06. The molecule has 1 heterocycles. The van der Waals surface area contributed by atoms with Crippen molar-refractivity contribution in [3.63, 3.8) is 0 Å². The lowest BCUT2D eigenvalue weighted by Crippen LogP contribution is -2.38. The minimum Gasteiger partial charge on any atom is -0.346 e. The third kappa shape index (κ3) is 5.34. The lowest BCUT2D eigenvalue weighted by atomic mass is 10.1. The van der Waals surface area contributed by atoms with Crippen LogP contribution in [0.2, 0.25) is 5.02 Å². The van der Waals surface area contributed by atoms with Crippen LogP contribution in [0, 0.1) is 6.92 Å². The van der Waals surface area contributed by atoms with Gasteiger partial charge in [-0.2, -0.15) is 13.2 Å². The molecule has 0 bridgehead atoms. The largest absolute Gasteiger partial charge is 0.405 e. The molecule has 3 aromatic rings. The summed E-state index contributed by atoms with van der Waals surface area (Å²) >= 11 is 7.02. The van der Waals surface area contributed by atoms with Crippen LogP contribution in [0.3, 0.4) is 0 Å². The highest BCUT2D eigenvalue weighted by Crippen LogP contribution is 2.32. The zero-order chi connectivity index (χ0) is 21.9. The zero-order valence-electron chi connectivity index (χ0n) is 16.1. The molecule has 3 rings (SSSR count). The number of aryl methyl sites for hydroxylation is 1. The van der Waals surface area contributed by atoms with E-state index in [0.717, 1.165) is 28.6 Å².